The van der Waals surface area contributed by atoms with Crippen molar-refractivity contribution in [2.45, 2.75) is 40.3 Å². The molecule has 1 heterocycles. The monoisotopic (exact) mass is 277 g/mol. The molecule has 0 unspecified atom stereocenters. The van der Waals surface area contributed by atoms with Gasteiger partial charge in [-0.1, -0.05) is 6.07 Å². The number of aromatic nitrogens is 3. The maximum absolute atomic E-state index is 5.97. The minimum absolute atomic E-state index is 0.144. The van der Waals surface area contributed by atoms with Gasteiger partial charge in [0.25, 0.3) is 0 Å². The van der Waals surface area contributed by atoms with Crippen LogP contribution in [0.25, 0.3) is 0 Å². The average Bonchev–Trinajstić information content (AvgIpc) is 2.68. The van der Waals surface area contributed by atoms with Crippen LogP contribution in [0.15, 0.2) is 18.2 Å². The van der Waals surface area contributed by atoms with E-state index in [2.05, 4.69) is 30.1 Å². The lowest BCUT2D eigenvalue weighted by Gasteiger charge is -2.15. The first-order valence-corrected chi connectivity index (χ1v) is 6.82. The van der Waals surface area contributed by atoms with Gasteiger partial charge >= 0.3 is 0 Å². The van der Waals surface area contributed by atoms with Crippen LogP contribution in [-0.2, 0) is 6.54 Å². The minimum atomic E-state index is -0.144. The summed E-state index contributed by atoms with van der Waals surface area (Å²) in [4.78, 5) is 0. The fraction of sp³-hybridized carbons (Fsp3) is 0.429. The van der Waals surface area contributed by atoms with Gasteiger partial charge in [0, 0.05) is 6.54 Å². The normalized spacial score (nSPS) is 12.4. The topological polar surface area (TPSA) is 42.8 Å². The second kappa shape index (κ2) is 5.57. The van der Waals surface area contributed by atoms with E-state index in [1.165, 1.54) is 11.1 Å². The van der Waals surface area contributed by atoms with E-state index in [-0.39, 0.29) is 6.10 Å². The van der Waals surface area contributed by atoms with E-state index in [1.54, 1.807) is 0 Å². The quantitative estimate of drug-likeness (QED) is 0.866. The smallest absolute Gasteiger partial charge is 0.195 e. The molecule has 0 fully saturated rings. The summed E-state index contributed by atoms with van der Waals surface area (Å²) in [5, 5.41) is 7.06. The highest BCUT2D eigenvalue weighted by molar-refractivity contribution is 7.71. The molecule has 19 heavy (non-hydrogen) atoms. The van der Waals surface area contributed by atoms with Gasteiger partial charge in [-0.2, -0.15) is 5.10 Å². The van der Waals surface area contributed by atoms with Crippen LogP contribution in [0.3, 0.4) is 0 Å². The highest BCUT2D eigenvalue weighted by Crippen LogP contribution is 2.23. The summed E-state index contributed by atoms with van der Waals surface area (Å²) in [7, 11) is 0. The van der Waals surface area contributed by atoms with E-state index < -0.39 is 0 Å². The molecule has 0 bridgehead atoms. The number of nitrogens with one attached hydrogen (secondary N) is 1. The van der Waals surface area contributed by atoms with Crippen molar-refractivity contribution in [2.24, 2.45) is 0 Å². The maximum Gasteiger partial charge on any atom is 0.195 e. The number of H-pyrrole nitrogens is 1. The van der Waals surface area contributed by atoms with E-state index in [9.17, 15) is 0 Å². The Morgan fingerprint density at radius 1 is 1.32 bits per heavy atom. The molecule has 0 saturated heterocycles. The van der Waals surface area contributed by atoms with Crippen molar-refractivity contribution in [1.29, 1.82) is 0 Å². The van der Waals surface area contributed by atoms with Crippen LogP contribution in [-0.4, -0.2) is 14.8 Å². The number of hydrogen-bond acceptors (Lipinski definition) is 3. The van der Waals surface area contributed by atoms with Gasteiger partial charge in [0.15, 0.2) is 16.7 Å². The Balaban J connectivity index is 2.25. The molecule has 102 valence electrons. The summed E-state index contributed by atoms with van der Waals surface area (Å²) in [6, 6.07) is 6.18. The van der Waals surface area contributed by atoms with E-state index >= 15 is 0 Å². The van der Waals surface area contributed by atoms with Gasteiger partial charge in [-0.05, 0) is 63.2 Å². The number of aromatic amines is 1. The molecule has 0 amide bonds. The molecule has 0 aliphatic carbocycles. The molecule has 5 heteroatoms. The molecule has 1 N–H and O–H groups in total. The Morgan fingerprint density at radius 2 is 1.95 bits per heavy atom. The molecule has 0 aliphatic heterocycles. The molecule has 0 spiro atoms. The average molecular weight is 277 g/mol. The summed E-state index contributed by atoms with van der Waals surface area (Å²) < 4.78 is 8.55. The highest BCUT2D eigenvalue weighted by Gasteiger charge is 2.15. The second-order valence-corrected chi connectivity index (χ2v) is 5.10. The third kappa shape index (κ3) is 3.04. The van der Waals surface area contributed by atoms with Crippen molar-refractivity contribution < 1.29 is 4.74 Å². The molecule has 0 aliphatic rings. The Hall–Kier alpha value is -1.62. The third-order valence-electron chi connectivity index (χ3n) is 2.98. The molecule has 2 aromatic rings. The van der Waals surface area contributed by atoms with Crippen molar-refractivity contribution in [2.75, 3.05) is 0 Å². The first-order valence-electron chi connectivity index (χ1n) is 6.41. The van der Waals surface area contributed by atoms with Crippen molar-refractivity contribution in [1.82, 2.24) is 14.8 Å². The van der Waals surface area contributed by atoms with Gasteiger partial charge < -0.3 is 9.30 Å². The zero-order valence-corrected chi connectivity index (χ0v) is 12.5. The number of aryl methyl sites for hydroxylation is 2. The van der Waals surface area contributed by atoms with Crippen LogP contribution in [0, 0.1) is 18.6 Å². The van der Waals surface area contributed by atoms with Crippen molar-refractivity contribution in [3.63, 3.8) is 0 Å². The van der Waals surface area contributed by atoms with Gasteiger partial charge in [0.05, 0.1) is 0 Å². The van der Waals surface area contributed by atoms with E-state index in [4.69, 9.17) is 17.0 Å². The Kier molecular flexibility index (Phi) is 4.04. The molecule has 1 aromatic heterocycles. The largest absolute Gasteiger partial charge is 0.483 e. The van der Waals surface area contributed by atoms with E-state index in [0.29, 0.717) is 4.77 Å². The Morgan fingerprint density at radius 3 is 2.53 bits per heavy atom. The SMILES string of the molecule is CCn1c([C@H](C)Oc2cc(C)cc(C)c2)n[nH]c1=S. The summed E-state index contributed by atoms with van der Waals surface area (Å²) in [5.74, 6) is 1.69. The third-order valence-corrected chi connectivity index (χ3v) is 3.29. The summed E-state index contributed by atoms with van der Waals surface area (Å²) >= 11 is 5.19. The molecular weight excluding hydrogens is 258 g/mol. The molecule has 1 aromatic carbocycles. The zero-order valence-electron chi connectivity index (χ0n) is 11.7. The molecule has 2 rings (SSSR count). The van der Waals surface area contributed by atoms with Crippen molar-refractivity contribution in [3.8, 4) is 5.75 Å². The first kappa shape index (κ1) is 13.8. The predicted molar refractivity (Wildman–Crippen MR) is 78.0 cm³/mol. The fourth-order valence-electron chi connectivity index (χ4n) is 2.20. The number of nitrogens with zero attached hydrogens (tertiary/aromatic N) is 2. The number of rotatable bonds is 4. The van der Waals surface area contributed by atoms with Crippen LogP contribution < -0.4 is 4.74 Å². The van der Waals surface area contributed by atoms with E-state index in [1.807, 2.05) is 30.5 Å². The summed E-state index contributed by atoms with van der Waals surface area (Å²) in [6.07, 6.45) is -0.144. The predicted octanol–water partition coefficient (Wildman–Crippen LogP) is 3.72. The number of hydrogen-bond donors (Lipinski definition) is 1. The molecule has 0 saturated carbocycles. The van der Waals surface area contributed by atoms with Gasteiger partial charge in [-0.3, -0.25) is 5.10 Å². The van der Waals surface area contributed by atoms with Crippen LogP contribution >= 0.6 is 12.2 Å². The lowest BCUT2D eigenvalue weighted by Crippen LogP contribution is -2.11. The van der Waals surface area contributed by atoms with Gasteiger partial charge in [-0.25, -0.2) is 0 Å². The molecule has 4 nitrogen and oxygen atoms in total. The molecular formula is C14H19N3OS. The Labute approximate surface area is 118 Å². The summed E-state index contributed by atoms with van der Waals surface area (Å²) in [5.41, 5.74) is 2.38. The highest BCUT2D eigenvalue weighted by atomic mass is 32.1. The number of benzene rings is 1. The van der Waals surface area contributed by atoms with Crippen molar-refractivity contribution in [3.05, 3.63) is 39.9 Å². The van der Waals surface area contributed by atoms with Crippen LogP contribution in [0.4, 0.5) is 0 Å². The molecule has 0 radical (unpaired) electrons. The first-order chi connectivity index (χ1) is 9.01. The number of ether oxygens (including phenoxy) is 1. The van der Waals surface area contributed by atoms with Crippen LogP contribution in [0.5, 0.6) is 5.75 Å². The summed E-state index contributed by atoms with van der Waals surface area (Å²) in [6.45, 7) is 8.93. The van der Waals surface area contributed by atoms with Gasteiger partial charge in [0.1, 0.15) is 5.75 Å². The van der Waals surface area contributed by atoms with Crippen LogP contribution in [0.2, 0.25) is 0 Å². The van der Waals surface area contributed by atoms with Gasteiger partial charge in [-0.15, -0.1) is 0 Å². The maximum atomic E-state index is 5.97. The standard InChI is InChI=1S/C14H19N3OS/c1-5-17-13(15-16-14(17)19)11(4)18-12-7-9(2)6-10(3)8-12/h6-8,11H,5H2,1-4H3,(H,16,19)/t11-/m0/s1. The van der Waals surface area contributed by atoms with Crippen molar-refractivity contribution >= 4 is 12.2 Å². The molecule has 1 atom stereocenters. The lowest BCUT2D eigenvalue weighted by atomic mass is 10.1. The fourth-order valence-corrected chi connectivity index (χ4v) is 2.47. The lowest BCUT2D eigenvalue weighted by molar-refractivity contribution is 0.210. The van der Waals surface area contributed by atoms with E-state index in [0.717, 1.165) is 18.1 Å². The van der Waals surface area contributed by atoms with Crippen LogP contribution in [0.1, 0.15) is 36.9 Å². The van der Waals surface area contributed by atoms with Gasteiger partial charge in [0.2, 0.25) is 0 Å². The minimum Gasteiger partial charge on any atom is -0.483 e. The Bertz CT molecular complexity index is 610. The second-order valence-electron chi connectivity index (χ2n) is 4.71. The zero-order chi connectivity index (χ0) is 14.0.